The summed E-state index contributed by atoms with van der Waals surface area (Å²) < 4.78 is 135. The van der Waals surface area contributed by atoms with E-state index >= 15 is 0 Å². The summed E-state index contributed by atoms with van der Waals surface area (Å²) in [5.74, 6) is -27.6. The van der Waals surface area contributed by atoms with E-state index in [9.17, 15) is 43.9 Å². The van der Waals surface area contributed by atoms with Crippen molar-refractivity contribution in [2.75, 3.05) is 19.6 Å². The smallest absolute Gasteiger partial charge is 0.348 e. The summed E-state index contributed by atoms with van der Waals surface area (Å²) >= 11 is 0. The molecule has 0 aromatic heterocycles. The molecule has 0 aromatic rings. The van der Waals surface area contributed by atoms with Gasteiger partial charge < -0.3 is 4.48 Å². The lowest BCUT2D eigenvalue weighted by Gasteiger charge is -2.65. The molecule has 0 N–H and O–H groups in total. The van der Waals surface area contributed by atoms with Gasteiger partial charge in [-0.2, -0.15) is 17.6 Å². The van der Waals surface area contributed by atoms with Gasteiger partial charge in [-0.25, -0.2) is 26.3 Å². The van der Waals surface area contributed by atoms with Gasteiger partial charge in [0, 0.05) is 0 Å². The minimum atomic E-state index is -5.92. The summed E-state index contributed by atoms with van der Waals surface area (Å²) in [4.78, 5) is 0. The maximum absolute atomic E-state index is 14.0. The first kappa shape index (κ1) is 20.2. The van der Waals surface area contributed by atoms with Crippen molar-refractivity contribution in [1.82, 2.24) is 0 Å². The maximum Gasteiger partial charge on any atom is 0.348 e. The summed E-state index contributed by atoms with van der Waals surface area (Å²) in [5, 5.41) is 0. The zero-order valence-electron chi connectivity index (χ0n) is 13.3. The fraction of sp³-hybridized carbons (Fsp3) is 0.786. The highest BCUT2D eigenvalue weighted by molar-refractivity contribution is 5.59. The molecule has 0 bridgehead atoms. The number of halogens is 10. The number of likely N-dealkylation sites (N-methyl/N-ethyl adjacent to an activating group) is 1. The number of nitrogens with zero attached hydrogens (tertiary/aromatic N) is 1. The van der Waals surface area contributed by atoms with E-state index in [-0.39, 0.29) is 19.6 Å². The SMILES string of the molecule is CC[N+](CC)(CC)[C-]1C(=C2C(F)(F)C(F)(F)C2(F)F)C(F)(F)C1(F)F. The van der Waals surface area contributed by atoms with E-state index in [0.29, 0.717) is 0 Å². The average molecular weight is 387 g/mol. The fourth-order valence-electron chi connectivity index (χ4n) is 3.46. The molecule has 0 radical (unpaired) electrons. The van der Waals surface area contributed by atoms with Crippen LogP contribution in [0.5, 0.6) is 0 Å². The number of alkyl halides is 10. The summed E-state index contributed by atoms with van der Waals surface area (Å²) in [5.41, 5.74) is -5.25. The van der Waals surface area contributed by atoms with E-state index in [4.69, 9.17) is 0 Å². The Morgan fingerprint density at radius 1 is 0.680 bits per heavy atom. The van der Waals surface area contributed by atoms with Crippen LogP contribution in [0.3, 0.4) is 0 Å². The Hall–Kier alpha value is -1.13. The lowest BCUT2D eigenvalue weighted by Crippen LogP contribution is -2.77. The third-order valence-electron chi connectivity index (χ3n) is 5.20. The van der Waals surface area contributed by atoms with E-state index in [1.54, 1.807) is 0 Å². The molecule has 25 heavy (non-hydrogen) atoms. The van der Waals surface area contributed by atoms with E-state index in [1.807, 2.05) is 0 Å². The van der Waals surface area contributed by atoms with E-state index < -0.39 is 51.3 Å². The fourth-order valence-corrected chi connectivity index (χ4v) is 3.46. The van der Waals surface area contributed by atoms with Crippen molar-refractivity contribution in [1.29, 1.82) is 0 Å². The predicted molar refractivity (Wildman–Crippen MR) is 66.9 cm³/mol. The molecule has 11 heteroatoms. The van der Waals surface area contributed by atoms with Gasteiger partial charge in [0.1, 0.15) is 0 Å². The van der Waals surface area contributed by atoms with Crippen LogP contribution < -0.4 is 0 Å². The van der Waals surface area contributed by atoms with Gasteiger partial charge >= 0.3 is 17.8 Å². The molecule has 0 saturated heterocycles. The van der Waals surface area contributed by atoms with Gasteiger partial charge in [-0.3, -0.25) is 0 Å². The largest absolute Gasteiger partial charge is 0.361 e. The molecule has 2 saturated carbocycles. The van der Waals surface area contributed by atoms with Gasteiger partial charge in [-0.05, 0) is 20.8 Å². The first-order chi connectivity index (χ1) is 11.0. The third kappa shape index (κ3) is 1.88. The molecule has 0 unspecified atom stereocenters. The predicted octanol–water partition coefficient (Wildman–Crippen LogP) is 4.90. The highest BCUT2D eigenvalue weighted by Crippen LogP contribution is 2.73. The molecule has 0 spiro atoms. The first-order valence-electron chi connectivity index (χ1n) is 7.43. The number of rotatable bonds is 4. The number of quaternary nitrogens is 1. The van der Waals surface area contributed by atoms with Crippen LogP contribution in [-0.2, 0) is 0 Å². The molecule has 2 rings (SSSR count). The second-order valence-electron chi connectivity index (χ2n) is 6.06. The molecule has 146 valence electrons. The minimum absolute atomic E-state index is 0.293. The molecule has 0 aromatic carbocycles. The summed E-state index contributed by atoms with van der Waals surface area (Å²) in [6.07, 6.45) is 0. The topological polar surface area (TPSA) is 0 Å². The van der Waals surface area contributed by atoms with Gasteiger partial charge in [0.25, 0.3) is 11.8 Å². The van der Waals surface area contributed by atoms with Gasteiger partial charge in [-0.15, -0.1) is 0 Å². The second-order valence-corrected chi connectivity index (χ2v) is 6.06. The van der Waals surface area contributed by atoms with Crippen LogP contribution in [0.2, 0.25) is 0 Å². The number of allylic oxidation sites excluding steroid dienone is 1. The quantitative estimate of drug-likeness (QED) is 0.366. The zero-order valence-corrected chi connectivity index (χ0v) is 13.3. The zero-order chi connectivity index (χ0) is 19.9. The molecule has 0 aliphatic heterocycles. The average Bonchev–Trinajstić information content (AvgIpc) is 2.49. The van der Waals surface area contributed by atoms with Crippen molar-refractivity contribution in [3.8, 4) is 0 Å². The van der Waals surface area contributed by atoms with Crippen molar-refractivity contribution in [2.24, 2.45) is 0 Å². The maximum atomic E-state index is 14.0. The van der Waals surface area contributed by atoms with Crippen molar-refractivity contribution in [3.63, 3.8) is 0 Å². The Kier molecular flexibility index (Phi) is 4.02. The Morgan fingerprint density at radius 2 is 1.04 bits per heavy atom. The Bertz CT molecular complexity index is 574. The van der Waals surface area contributed by atoms with Crippen molar-refractivity contribution in [2.45, 2.75) is 50.4 Å². The molecule has 0 atom stereocenters. The molecular formula is C14H15F10N. The summed E-state index contributed by atoms with van der Waals surface area (Å²) in [6, 6.07) is -1.64. The molecule has 2 aliphatic rings. The van der Waals surface area contributed by atoms with E-state index in [2.05, 4.69) is 0 Å². The summed E-state index contributed by atoms with van der Waals surface area (Å²) in [7, 11) is 0. The lowest BCUT2D eigenvalue weighted by atomic mass is 9.64. The highest BCUT2D eigenvalue weighted by atomic mass is 19.4. The molecule has 2 aliphatic carbocycles. The van der Waals surface area contributed by atoms with Crippen LogP contribution in [0.25, 0.3) is 0 Å². The standard InChI is InChI=1S/C14H15F10N/c1-4-25(5-2,6-3)9-7(10(15,16)13(9,21)22)8-11(17,18)14(23,24)12(8,19)20/h4-6H2,1-3H3. The highest BCUT2D eigenvalue weighted by Gasteiger charge is 2.87. The van der Waals surface area contributed by atoms with E-state index in [1.165, 1.54) is 20.8 Å². The van der Waals surface area contributed by atoms with Gasteiger partial charge in [0.15, 0.2) is 0 Å². The molecule has 0 amide bonds. The molecule has 1 nitrogen and oxygen atoms in total. The third-order valence-corrected chi connectivity index (χ3v) is 5.20. The van der Waals surface area contributed by atoms with Crippen LogP contribution >= 0.6 is 0 Å². The van der Waals surface area contributed by atoms with Crippen LogP contribution in [0, 0.1) is 6.04 Å². The van der Waals surface area contributed by atoms with Crippen LogP contribution in [0.1, 0.15) is 20.8 Å². The van der Waals surface area contributed by atoms with Gasteiger partial charge in [-0.1, -0.05) is 11.1 Å². The Morgan fingerprint density at radius 3 is 1.36 bits per heavy atom. The van der Waals surface area contributed by atoms with Gasteiger partial charge in [0.05, 0.1) is 25.7 Å². The van der Waals surface area contributed by atoms with Crippen molar-refractivity contribution in [3.05, 3.63) is 17.2 Å². The number of hydrogen-bond donors (Lipinski definition) is 0. The Balaban J connectivity index is 2.79. The first-order valence-corrected chi connectivity index (χ1v) is 7.43. The van der Waals surface area contributed by atoms with Crippen LogP contribution in [0.15, 0.2) is 11.1 Å². The monoisotopic (exact) mass is 387 g/mol. The molecule has 2 fully saturated rings. The minimum Gasteiger partial charge on any atom is -0.361 e. The van der Waals surface area contributed by atoms with Crippen LogP contribution in [0.4, 0.5) is 43.9 Å². The van der Waals surface area contributed by atoms with Crippen molar-refractivity contribution < 1.29 is 48.4 Å². The number of hydrogen-bond acceptors (Lipinski definition) is 0. The normalized spacial score (nSPS) is 28.4. The van der Waals surface area contributed by atoms with E-state index in [0.717, 1.165) is 0 Å². The van der Waals surface area contributed by atoms with Crippen molar-refractivity contribution >= 4 is 0 Å². The summed E-state index contributed by atoms with van der Waals surface area (Å²) in [6.45, 7) is 2.95. The lowest BCUT2D eigenvalue weighted by molar-refractivity contribution is -0.921. The molecular weight excluding hydrogens is 372 g/mol. The second kappa shape index (κ2) is 4.98. The van der Waals surface area contributed by atoms with Gasteiger partial charge in [0.2, 0.25) is 0 Å². The Labute approximate surface area is 136 Å². The molecule has 0 heterocycles. The van der Waals surface area contributed by atoms with Crippen LogP contribution in [-0.4, -0.2) is 53.7 Å².